The Morgan fingerprint density at radius 3 is 1.59 bits per heavy atom. The highest BCUT2D eigenvalue weighted by Gasteiger charge is 2.46. The Labute approximate surface area is 200 Å². The van der Waals surface area contributed by atoms with Gasteiger partial charge in [-0.3, -0.25) is 0 Å². The van der Waals surface area contributed by atoms with Crippen molar-refractivity contribution in [2.75, 3.05) is 0 Å². The van der Waals surface area contributed by atoms with E-state index >= 15 is 0 Å². The van der Waals surface area contributed by atoms with E-state index in [-0.39, 0.29) is 21.8 Å². The van der Waals surface area contributed by atoms with Gasteiger partial charge in [0.25, 0.3) is 0 Å². The van der Waals surface area contributed by atoms with Crippen LogP contribution in [-0.2, 0) is 8.85 Å². The van der Waals surface area contributed by atoms with Crippen molar-refractivity contribution in [1.82, 2.24) is 0 Å². The Bertz CT molecular complexity index is 571. The van der Waals surface area contributed by atoms with Crippen LogP contribution in [0.15, 0.2) is 34.8 Å². The van der Waals surface area contributed by atoms with Gasteiger partial charge in [-0.1, -0.05) is 53.7 Å². The standard InChI is InChI=1S/C23H44Br2O2Si2/c1-13-15-23(16-14-2,27-29(11,12)22(6,7)8)18-19(17-20(24)25)26-28(9,10)21(3,4)5/h13-14,17,19H,1-2,15-16,18H2,3-12H3/t19-/m1/s1. The van der Waals surface area contributed by atoms with E-state index in [0.29, 0.717) is 0 Å². The van der Waals surface area contributed by atoms with Gasteiger partial charge in [-0.15, -0.1) is 13.2 Å². The first kappa shape index (κ1) is 29.5. The second kappa shape index (κ2) is 10.9. The summed E-state index contributed by atoms with van der Waals surface area (Å²) in [7, 11) is -3.96. The Kier molecular flexibility index (Phi) is 11.1. The summed E-state index contributed by atoms with van der Waals surface area (Å²) in [6.45, 7) is 31.0. The van der Waals surface area contributed by atoms with Gasteiger partial charge in [-0.2, -0.15) is 0 Å². The van der Waals surface area contributed by atoms with E-state index < -0.39 is 16.6 Å². The minimum Gasteiger partial charge on any atom is -0.411 e. The molecule has 0 unspecified atom stereocenters. The van der Waals surface area contributed by atoms with Gasteiger partial charge in [-0.05, 0) is 87.0 Å². The molecule has 29 heavy (non-hydrogen) atoms. The lowest BCUT2D eigenvalue weighted by atomic mass is 9.89. The van der Waals surface area contributed by atoms with E-state index in [4.69, 9.17) is 8.85 Å². The maximum absolute atomic E-state index is 7.05. The van der Waals surface area contributed by atoms with Crippen LogP contribution in [0, 0.1) is 0 Å². The normalized spacial score (nSPS) is 15.0. The minimum absolute atomic E-state index is 0.0608. The third-order valence-corrected chi connectivity index (χ3v) is 16.0. The molecule has 0 spiro atoms. The number of rotatable bonds is 11. The number of hydrogen-bond acceptors (Lipinski definition) is 2. The van der Waals surface area contributed by atoms with E-state index in [1.165, 1.54) is 0 Å². The van der Waals surface area contributed by atoms with Gasteiger partial charge in [0.1, 0.15) is 0 Å². The lowest BCUT2D eigenvalue weighted by Crippen LogP contribution is -2.52. The Balaban J connectivity index is 6.16. The highest BCUT2D eigenvalue weighted by Crippen LogP contribution is 2.44. The summed E-state index contributed by atoms with van der Waals surface area (Å²) < 4.78 is 14.8. The first-order chi connectivity index (χ1) is 12.8. The molecule has 6 heteroatoms. The fourth-order valence-electron chi connectivity index (χ4n) is 2.79. The summed E-state index contributed by atoms with van der Waals surface area (Å²) in [6.07, 6.45) is 8.34. The van der Waals surface area contributed by atoms with Crippen molar-refractivity contribution in [3.05, 3.63) is 34.8 Å². The SMILES string of the molecule is C=CCC(CC=C)(C[C@@H](C=C(Br)Br)O[Si](C)(C)C(C)(C)C)O[Si](C)(C)C(C)(C)C. The van der Waals surface area contributed by atoms with Crippen LogP contribution in [-0.4, -0.2) is 28.3 Å². The first-order valence-corrected chi connectivity index (χ1v) is 17.9. The average molecular weight is 569 g/mol. The summed E-state index contributed by atoms with van der Waals surface area (Å²) in [5.74, 6) is 0. The van der Waals surface area contributed by atoms with Gasteiger partial charge in [0.05, 0.1) is 15.1 Å². The van der Waals surface area contributed by atoms with Crippen molar-refractivity contribution < 1.29 is 8.85 Å². The van der Waals surface area contributed by atoms with Crippen molar-refractivity contribution in [3.63, 3.8) is 0 Å². The summed E-state index contributed by atoms with van der Waals surface area (Å²) in [5, 5.41) is 0.264. The Hall–Kier alpha value is 0.534. The molecule has 0 rings (SSSR count). The molecule has 0 aromatic carbocycles. The van der Waals surface area contributed by atoms with Crippen molar-refractivity contribution >= 4 is 48.5 Å². The zero-order chi connectivity index (χ0) is 23.3. The number of hydrogen-bond donors (Lipinski definition) is 0. The molecule has 0 aliphatic carbocycles. The average Bonchev–Trinajstić information content (AvgIpc) is 2.43. The molecular formula is C23H44Br2O2Si2. The van der Waals surface area contributed by atoms with E-state index in [0.717, 1.165) is 22.7 Å². The van der Waals surface area contributed by atoms with Crippen molar-refractivity contribution in [2.24, 2.45) is 0 Å². The number of halogens is 2. The van der Waals surface area contributed by atoms with Crippen LogP contribution in [0.25, 0.3) is 0 Å². The zero-order valence-electron chi connectivity index (χ0n) is 20.4. The molecule has 0 aliphatic heterocycles. The lowest BCUT2D eigenvalue weighted by molar-refractivity contribution is 0.0194. The molecule has 0 saturated carbocycles. The predicted molar refractivity (Wildman–Crippen MR) is 143 cm³/mol. The second-order valence-corrected chi connectivity index (χ2v) is 23.4. The summed E-state index contributed by atoms with van der Waals surface area (Å²) in [4.78, 5) is 0. The first-order valence-electron chi connectivity index (χ1n) is 10.4. The fourth-order valence-corrected chi connectivity index (χ4v) is 6.28. The van der Waals surface area contributed by atoms with Crippen LogP contribution in [0.1, 0.15) is 60.8 Å². The quantitative estimate of drug-likeness (QED) is 0.183. The molecule has 0 radical (unpaired) electrons. The highest BCUT2D eigenvalue weighted by atomic mass is 79.9. The second-order valence-electron chi connectivity index (χ2n) is 11.1. The van der Waals surface area contributed by atoms with Gasteiger partial charge in [0, 0.05) is 6.42 Å². The third kappa shape index (κ3) is 9.28. The van der Waals surface area contributed by atoms with Crippen LogP contribution >= 0.6 is 31.9 Å². The Morgan fingerprint density at radius 1 is 0.862 bits per heavy atom. The molecule has 0 N–H and O–H groups in total. The van der Waals surface area contributed by atoms with Crippen LogP contribution < -0.4 is 0 Å². The molecule has 0 aliphatic rings. The largest absolute Gasteiger partial charge is 0.411 e. The molecule has 1 atom stereocenters. The monoisotopic (exact) mass is 566 g/mol. The van der Waals surface area contributed by atoms with E-state index in [1.54, 1.807) is 0 Å². The minimum atomic E-state index is -2.00. The molecule has 170 valence electrons. The van der Waals surface area contributed by atoms with Gasteiger partial charge >= 0.3 is 0 Å². The lowest BCUT2D eigenvalue weighted by Gasteiger charge is -2.47. The maximum Gasteiger partial charge on any atom is 0.192 e. The fraction of sp³-hybridized carbons (Fsp3) is 0.739. The summed E-state index contributed by atoms with van der Waals surface area (Å²) in [5.41, 5.74) is -0.370. The van der Waals surface area contributed by atoms with Gasteiger partial charge in [0.15, 0.2) is 16.6 Å². The Morgan fingerprint density at radius 2 is 1.28 bits per heavy atom. The van der Waals surface area contributed by atoms with Crippen molar-refractivity contribution in [3.8, 4) is 0 Å². The smallest absolute Gasteiger partial charge is 0.192 e. The molecule has 0 heterocycles. The highest BCUT2D eigenvalue weighted by molar-refractivity contribution is 9.28. The zero-order valence-corrected chi connectivity index (χ0v) is 25.6. The summed E-state index contributed by atoms with van der Waals surface area (Å²) >= 11 is 7.10. The van der Waals surface area contributed by atoms with E-state index in [9.17, 15) is 0 Å². The molecular weight excluding hydrogens is 524 g/mol. The van der Waals surface area contributed by atoms with Crippen LogP contribution in [0.2, 0.25) is 36.3 Å². The predicted octanol–water partition coefficient (Wildman–Crippen LogP) is 9.31. The third-order valence-electron chi connectivity index (χ3n) is 6.45. The van der Waals surface area contributed by atoms with Gasteiger partial charge in [-0.25, -0.2) is 0 Å². The van der Waals surface area contributed by atoms with Gasteiger partial charge < -0.3 is 8.85 Å². The van der Waals surface area contributed by atoms with Gasteiger partial charge in [0.2, 0.25) is 0 Å². The van der Waals surface area contributed by atoms with E-state index in [1.807, 2.05) is 12.2 Å². The maximum atomic E-state index is 7.05. The molecule has 0 fully saturated rings. The van der Waals surface area contributed by atoms with E-state index in [2.05, 4.69) is 119 Å². The van der Waals surface area contributed by atoms with Crippen LogP contribution in [0.3, 0.4) is 0 Å². The molecule has 0 bridgehead atoms. The van der Waals surface area contributed by atoms with Crippen molar-refractivity contribution in [2.45, 2.75) is 109 Å². The summed E-state index contributed by atoms with van der Waals surface area (Å²) in [6, 6.07) is 0. The molecule has 2 nitrogen and oxygen atoms in total. The molecule has 0 saturated heterocycles. The van der Waals surface area contributed by atoms with Crippen LogP contribution in [0.4, 0.5) is 0 Å². The molecule has 0 aromatic rings. The van der Waals surface area contributed by atoms with Crippen LogP contribution in [0.5, 0.6) is 0 Å². The molecule has 0 aromatic heterocycles. The van der Waals surface area contributed by atoms with Crippen molar-refractivity contribution in [1.29, 1.82) is 0 Å². The molecule has 0 amide bonds. The topological polar surface area (TPSA) is 18.5 Å².